The van der Waals surface area contributed by atoms with Crippen LogP contribution < -0.4 is 16.4 Å². The highest BCUT2D eigenvalue weighted by Crippen LogP contribution is 2.42. The summed E-state index contributed by atoms with van der Waals surface area (Å²) in [4.78, 5) is 51.8. The predicted molar refractivity (Wildman–Crippen MR) is 151 cm³/mol. The minimum Gasteiger partial charge on any atom is -0.387 e. The van der Waals surface area contributed by atoms with Gasteiger partial charge in [-0.25, -0.2) is 34.6 Å². The second-order valence-corrected chi connectivity index (χ2v) is 10.3. The molecule has 13 nitrogen and oxygen atoms in total. The van der Waals surface area contributed by atoms with Gasteiger partial charge in [0.25, 0.3) is 5.89 Å². The largest absolute Gasteiger partial charge is 0.434 e. The smallest absolute Gasteiger partial charge is 0.387 e. The van der Waals surface area contributed by atoms with Crippen LogP contribution in [0.2, 0.25) is 0 Å². The van der Waals surface area contributed by atoms with Gasteiger partial charge < -0.3 is 9.73 Å². The van der Waals surface area contributed by atoms with Crippen molar-refractivity contribution < 1.29 is 9.21 Å². The van der Waals surface area contributed by atoms with E-state index in [1.54, 1.807) is 48.7 Å². The van der Waals surface area contributed by atoms with Crippen LogP contribution in [0.25, 0.3) is 32.9 Å². The molecule has 0 saturated heterocycles. The second kappa shape index (κ2) is 11.2. The van der Waals surface area contributed by atoms with Crippen LogP contribution in [0.1, 0.15) is 24.2 Å². The van der Waals surface area contributed by atoms with Gasteiger partial charge in [-0.3, -0.25) is 15.3 Å². The molecule has 15 heteroatoms. The number of carbonyl (C=O) groups excluding carboxylic acids is 1. The Morgan fingerprint density at radius 1 is 1.12 bits per heavy atom. The quantitative estimate of drug-likeness (QED) is 0.260. The lowest BCUT2D eigenvalue weighted by Crippen LogP contribution is -2.28. The first-order chi connectivity index (χ1) is 19.6. The van der Waals surface area contributed by atoms with Crippen molar-refractivity contribution in [1.82, 2.24) is 40.4 Å². The Morgan fingerprint density at radius 2 is 1.98 bits per heavy atom. The number of hydrogen-bond acceptors (Lipinski definition) is 12. The zero-order valence-electron chi connectivity index (χ0n) is 20.9. The molecule has 0 spiro atoms. The molecule has 40 heavy (non-hydrogen) atoms. The molecule has 6 rings (SSSR count). The Labute approximate surface area is 234 Å². The summed E-state index contributed by atoms with van der Waals surface area (Å²) in [6, 6.07) is 8.72. The van der Waals surface area contributed by atoms with E-state index in [0.29, 0.717) is 45.1 Å². The molecular formula is C25H20N10O3S2. The van der Waals surface area contributed by atoms with Crippen LogP contribution in [0, 0.1) is 0 Å². The van der Waals surface area contributed by atoms with Crippen LogP contribution in [0.15, 0.2) is 69.3 Å². The zero-order valence-corrected chi connectivity index (χ0v) is 22.5. The third-order valence-corrected chi connectivity index (χ3v) is 7.82. The van der Waals surface area contributed by atoms with Crippen molar-refractivity contribution >= 4 is 40.0 Å². The summed E-state index contributed by atoms with van der Waals surface area (Å²) in [7, 11) is 0. The average molecular weight is 573 g/mol. The molecule has 5 aromatic heterocycles. The standard InChI is InChI=1S/C25H20N10O3S2/c1-2-26-24(36)32-17-10-13(22-31-16(12-39-22)15-6-3-4-7-27-15)14(11-30-17)23-33-18(20-28-8-5-9-29-20)19(40-23)21-34-35-25(37)38-21/h3-11,16H,2,12H2,1H3,(H,35,37)(H2,26,30,32,36). The third-order valence-electron chi connectivity index (χ3n) is 5.66. The Bertz CT molecular complexity index is 1750. The Balaban J connectivity index is 1.48. The molecule has 0 saturated carbocycles. The molecule has 0 fully saturated rings. The summed E-state index contributed by atoms with van der Waals surface area (Å²) in [5.74, 6) is 0.791. The summed E-state index contributed by atoms with van der Waals surface area (Å²) in [5, 5.41) is 13.1. The van der Waals surface area contributed by atoms with Crippen LogP contribution in [0.3, 0.4) is 0 Å². The van der Waals surface area contributed by atoms with Crippen molar-refractivity contribution in [3.8, 4) is 32.9 Å². The maximum absolute atomic E-state index is 12.2. The topological polar surface area (TPSA) is 177 Å². The fourth-order valence-electron chi connectivity index (χ4n) is 3.92. The zero-order chi connectivity index (χ0) is 27.5. The minimum atomic E-state index is -0.690. The van der Waals surface area contributed by atoms with Crippen LogP contribution in [-0.2, 0) is 0 Å². The fraction of sp³-hybridized carbons (Fsp3) is 0.160. The summed E-state index contributed by atoms with van der Waals surface area (Å²) in [6.07, 6.45) is 6.58. The van der Waals surface area contributed by atoms with Crippen molar-refractivity contribution in [3.63, 3.8) is 0 Å². The van der Waals surface area contributed by atoms with Crippen molar-refractivity contribution in [2.75, 3.05) is 17.6 Å². The van der Waals surface area contributed by atoms with Gasteiger partial charge in [0.15, 0.2) is 5.82 Å². The molecule has 0 aliphatic carbocycles. The van der Waals surface area contributed by atoms with E-state index < -0.39 is 5.76 Å². The van der Waals surface area contributed by atoms with E-state index >= 15 is 0 Å². The number of anilines is 1. The minimum absolute atomic E-state index is 0.0723. The summed E-state index contributed by atoms with van der Waals surface area (Å²) in [6.45, 7) is 2.30. The van der Waals surface area contributed by atoms with Crippen molar-refractivity contribution in [3.05, 3.63) is 76.9 Å². The first-order valence-corrected chi connectivity index (χ1v) is 13.9. The molecule has 0 aromatic carbocycles. The molecule has 200 valence electrons. The van der Waals surface area contributed by atoms with E-state index in [4.69, 9.17) is 14.4 Å². The number of nitrogens with one attached hydrogen (secondary N) is 3. The molecular weight excluding hydrogens is 552 g/mol. The number of rotatable bonds is 7. The van der Waals surface area contributed by atoms with Crippen LogP contribution in [0.5, 0.6) is 0 Å². The molecule has 3 N–H and O–H groups in total. The highest BCUT2D eigenvalue weighted by molar-refractivity contribution is 8.14. The van der Waals surface area contributed by atoms with Gasteiger partial charge in [-0.05, 0) is 31.2 Å². The molecule has 1 atom stereocenters. The number of pyridine rings is 2. The summed E-state index contributed by atoms with van der Waals surface area (Å²) < 4.78 is 5.25. The molecule has 2 amide bonds. The molecule has 6 heterocycles. The lowest BCUT2D eigenvalue weighted by Gasteiger charge is -2.10. The number of urea groups is 1. The van der Waals surface area contributed by atoms with Gasteiger partial charge in [0.1, 0.15) is 27.4 Å². The first-order valence-electron chi connectivity index (χ1n) is 12.1. The normalized spacial score (nSPS) is 14.6. The van der Waals surface area contributed by atoms with Gasteiger partial charge in [0, 0.05) is 48.2 Å². The van der Waals surface area contributed by atoms with Gasteiger partial charge in [-0.2, -0.15) is 0 Å². The van der Waals surface area contributed by atoms with Crippen molar-refractivity contribution in [2.45, 2.75) is 13.0 Å². The number of aromatic nitrogens is 7. The van der Waals surface area contributed by atoms with Crippen LogP contribution in [-0.4, -0.2) is 58.5 Å². The summed E-state index contributed by atoms with van der Waals surface area (Å²) in [5.41, 5.74) is 2.67. The van der Waals surface area contributed by atoms with Gasteiger partial charge in [-0.15, -0.1) is 28.2 Å². The van der Waals surface area contributed by atoms with E-state index in [2.05, 4.69) is 40.8 Å². The number of aliphatic imine (C=N–C) groups is 1. The summed E-state index contributed by atoms with van der Waals surface area (Å²) >= 11 is 2.83. The first kappa shape index (κ1) is 25.5. The number of thiazole rings is 1. The number of hydrogen-bond donors (Lipinski definition) is 3. The second-order valence-electron chi connectivity index (χ2n) is 8.30. The average Bonchev–Trinajstić information content (AvgIpc) is 3.74. The van der Waals surface area contributed by atoms with Gasteiger partial charge in [0.05, 0.1) is 10.7 Å². The Morgan fingerprint density at radius 3 is 2.73 bits per heavy atom. The molecule has 1 unspecified atom stereocenters. The third kappa shape index (κ3) is 5.23. The number of nitrogens with zero attached hydrogens (tertiary/aromatic N) is 7. The van der Waals surface area contributed by atoms with Crippen LogP contribution in [0.4, 0.5) is 10.6 Å². The molecule has 1 aliphatic heterocycles. The lowest BCUT2D eigenvalue weighted by molar-refractivity contribution is 0.252. The highest BCUT2D eigenvalue weighted by Gasteiger charge is 2.28. The fourth-order valence-corrected chi connectivity index (χ4v) is 6.02. The molecule has 0 radical (unpaired) electrons. The number of carbonyl (C=O) groups is 1. The maximum Gasteiger partial charge on any atom is 0.434 e. The number of thioether (sulfide) groups is 1. The monoisotopic (exact) mass is 572 g/mol. The van der Waals surface area contributed by atoms with Gasteiger partial charge in [-0.1, -0.05) is 6.07 Å². The van der Waals surface area contributed by atoms with E-state index in [9.17, 15) is 9.59 Å². The van der Waals surface area contributed by atoms with Crippen LogP contribution >= 0.6 is 23.1 Å². The van der Waals surface area contributed by atoms with E-state index in [1.165, 1.54) is 11.3 Å². The number of H-pyrrole nitrogens is 1. The SMILES string of the molecule is CCNC(=O)Nc1cc(C2=NC(c3ccccn3)CS2)c(-c2nc(-c3ncccn3)c(-c3n[nH]c(=O)o3)s2)cn1. The molecule has 1 aliphatic rings. The Hall–Kier alpha value is -4.76. The van der Waals surface area contributed by atoms with E-state index in [1.807, 2.05) is 25.1 Å². The van der Waals surface area contributed by atoms with Gasteiger partial charge in [0.2, 0.25) is 0 Å². The van der Waals surface area contributed by atoms with E-state index in [0.717, 1.165) is 16.3 Å². The Kier molecular flexibility index (Phi) is 7.11. The molecule has 5 aromatic rings. The number of aromatic amines is 1. The van der Waals surface area contributed by atoms with Gasteiger partial charge >= 0.3 is 11.8 Å². The highest BCUT2D eigenvalue weighted by atomic mass is 32.2. The number of amides is 2. The predicted octanol–water partition coefficient (Wildman–Crippen LogP) is 3.78. The maximum atomic E-state index is 12.2. The van der Waals surface area contributed by atoms with Crippen molar-refractivity contribution in [2.24, 2.45) is 4.99 Å². The molecule has 0 bridgehead atoms. The lowest BCUT2D eigenvalue weighted by atomic mass is 10.1. The van der Waals surface area contributed by atoms with Crippen molar-refractivity contribution in [1.29, 1.82) is 0 Å². The van der Waals surface area contributed by atoms with E-state index in [-0.39, 0.29) is 18.0 Å².